The summed E-state index contributed by atoms with van der Waals surface area (Å²) >= 11 is 0. The zero-order valence-electron chi connectivity index (χ0n) is 9.66. The maximum absolute atomic E-state index is 11.4. The van der Waals surface area contributed by atoms with Gasteiger partial charge in [0.2, 0.25) is 0 Å². The molecule has 0 amide bonds. The highest BCUT2D eigenvalue weighted by molar-refractivity contribution is 5.70. The molecular formula is C11H17NO3. The first kappa shape index (κ1) is 11.8. The third-order valence-corrected chi connectivity index (χ3v) is 1.68. The number of esters is 1. The molecule has 0 aliphatic rings. The quantitative estimate of drug-likeness (QED) is 0.719. The van der Waals surface area contributed by atoms with E-state index in [1.165, 1.54) is 0 Å². The van der Waals surface area contributed by atoms with Crippen molar-refractivity contribution in [2.45, 2.75) is 46.1 Å². The molecule has 0 N–H and O–H groups in total. The van der Waals surface area contributed by atoms with E-state index in [9.17, 15) is 4.79 Å². The minimum Gasteiger partial charge on any atom is -0.460 e. The summed E-state index contributed by atoms with van der Waals surface area (Å²) in [6.07, 6.45) is 0.898. The van der Waals surface area contributed by atoms with Crippen LogP contribution in [-0.2, 0) is 16.0 Å². The van der Waals surface area contributed by atoms with Crippen LogP contribution in [0.15, 0.2) is 10.6 Å². The van der Waals surface area contributed by atoms with Crippen molar-refractivity contribution >= 4 is 5.97 Å². The van der Waals surface area contributed by atoms with Gasteiger partial charge >= 0.3 is 5.97 Å². The van der Waals surface area contributed by atoms with Gasteiger partial charge in [0.15, 0.2) is 0 Å². The minimum atomic E-state index is -0.420. The molecule has 0 fully saturated rings. The summed E-state index contributed by atoms with van der Waals surface area (Å²) < 4.78 is 10.1. The van der Waals surface area contributed by atoms with E-state index in [1.54, 1.807) is 0 Å². The number of ether oxygens (including phenoxy) is 1. The van der Waals surface area contributed by atoms with Gasteiger partial charge in [-0.15, -0.1) is 0 Å². The Morgan fingerprint density at radius 1 is 1.53 bits per heavy atom. The Bertz CT molecular complexity index is 336. The number of nitrogens with zero attached hydrogens (tertiary/aromatic N) is 1. The highest BCUT2D eigenvalue weighted by Crippen LogP contribution is 2.10. The maximum Gasteiger partial charge on any atom is 0.306 e. The van der Waals surface area contributed by atoms with Crippen LogP contribution < -0.4 is 0 Å². The Morgan fingerprint density at radius 2 is 2.20 bits per heavy atom. The van der Waals surface area contributed by atoms with E-state index >= 15 is 0 Å². The van der Waals surface area contributed by atoms with Crippen molar-refractivity contribution in [1.82, 2.24) is 5.16 Å². The average molecular weight is 211 g/mol. The molecule has 0 aromatic carbocycles. The number of aromatic nitrogens is 1. The lowest BCUT2D eigenvalue weighted by molar-refractivity contribution is -0.154. The summed E-state index contributed by atoms with van der Waals surface area (Å²) in [6.45, 7) is 7.38. The second-order valence-electron chi connectivity index (χ2n) is 4.52. The molecule has 0 aliphatic heterocycles. The minimum absolute atomic E-state index is 0.205. The molecule has 1 aromatic rings. The molecule has 4 heteroatoms. The fourth-order valence-electron chi connectivity index (χ4n) is 1.16. The monoisotopic (exact) mass is 211 g/mol. The molecule has 1 heterocycles. The van der Waals surface area contributed by atoms with E-state index in [4.69, 9.17) is 9.26 Å². The smallest absolute Gasteiger partial charge is 0.306 e. The first-order chi connectivity index (χ1) is 6.87. The van der Waals surface area contributed by atoms with Gasteiger partial charge in [-0.2, -0.15) is 0 Å². The van der Waals surface area contributed by atoms with E-state index in [-0.39, 0.29) is 5.97 Å². The Balaban J connectivity index is 2.35. The van der Waals surface area contributed by atoms with Crippen molar-refractivity contribution in [1.29, 1.82) is 0 Å². The van der Waals surface area contributed by atoms with Crippen molar-refractivity contribution in [2.75, 3.05) is 0 Å². The molecule has 0 saturated heterocycles. The van der Waals surface area contributed by atoms with Crippen molar-refractivity contribution in [3.8, 4) is 0 Å². The second-order valence-corrected chi connectivity index (χ2v) is 4.52. The van der Waals surface area contributed by atoms with E-state index < -0.39 is 5.60 Å². The molecule has 0 atom stereocenters. The Labute approximate surface area is 89.6 Å². The summed E-state index contributed by atoms with van der Waals surface area (Å²) in [5, 5.41) is 3.80. The molecule has 0 radical (unpaired) electrons. The number of hydrogen-bond acceptors (Lipinski definition) is 4. The predicted molar refractivity (Wildman–Crippen MR) is 55.4 cm³/mol. The van der Waals surface area contributed by atoms with Crippen LogP contribution in [0.5, 0.6) is 0 Å². The molecule has 0 unspecified atom stereocenters. The summed E-state index contributed by atoms with van der Waals surface area (Å²) in [7, 11) is 0. The van der Waals surface area contributed by atoms with Crippen molar-refractivity contribution in [3.05, 3.63) is 17.5 Å². The normalized spacial score (nSPS) is 11.5. The van der Waals surface area contributed by atoms with Gasteiger partial charge in [-0.1, -0.05) is 5.16 Å². The van der Waals surface area contributed by atoms with Gasteiger partial charge in [-0.05, 0) is 27.7 Å². The highest BCUT2D eigenvalue weighted by Gasteiger charge is 2.16. The van der Waals surface area contributed by atoms with Crippen LogP contribution in [0.3, 0.4) is 0 Å². The van der Waals surface area contributed by atoms with E-state index in [2.05, 4.69) is 5.16 Å². The Hall–Kier alpha value is -1.32. The highest BCUT2D eigenvalue weighted by atomic mass is 16.6. The SMILES string of the molecule is Cc1cc(CCC(=O)OC(C)(C)C)no1. The molecule has 1 rings (SSSR count). The maximum atomic E-state index is 11.4. The lowest BCUT2D eigenvalue weighted by Gasteiger charge is -2.19. The van der Waals surface area contributed by atoms with E-state index in [0.29, 0.717) is 12.8 Å². The summed E-state index contributed by atoms with van der Waals surface area (Å²) in [5.41, 5.74) is 0.370. The van der Waals surface area contributed by atoms with Gasteiger partial charge in [0.1, 0.15) is 11.4 Å². The van der Waals surface area contributed by atoms with Gasteiger partial charge in [-0.3, -0.25) is 4.79 Å². The van der Waals surface area contributed by atoms with Crippen molar-refractivity contribution in [2.24, 2.45) is 0 Å². The number of rotatable bonds is 3. The fraction of sp³-hybridized carbons (Fsp3) is 0.636. The van der Waals surface area contributed by atoms with Crippen molar-refractivity contribution < 1.29 is 14.1 Å². The molecule has 1 aromatic heterocycles. The first-order valence-electron chi connectivity index (χ1n) is 5.01. The largest absolute Gasteiger partial charge is 0.460 e. The van der Waals surface area contributed by atoms with Crippen LogP contribution in [0.4, 0.5) is 0 Å². The lowest BCUT2D eigenvalue weighted by atomic mass is 10.2. The number of carbonyl (C=O) groups excluding carboxylic acids is 1. The van der Waals surface area contributed by atoms with Crippen LogP contribution in [0.25, 0.3) is 0 Å². The molecule has 84 valence electrons. The van der Waals surface area contributed by atoms with Crippen LogP contribution in [0.1, 0.15) is 38.6 Å². The third kappa shape index (κ3) is 4.63. The first-order valence-corrected chi connectivity index (χ1v) is 5.01. The predicted octanol–water partition coefficient (Wildman–Crippen LogP) is 2.26. The van der Waals surface area contributed by atoms with Gasteiger partial charge in [0, 0.05) is 12.5 Å². The Kier molecular flexibility index (Phi) is 3.50. The Morgan fingerprint density at radius 3 is 2.67 bits per heavy atom. The number of hydrogen-bond donors (Lipinski definition) is 0. The average Bonchev–Trinajstić information content (AvgIpc) is 2.45. The van der Waals surface area contributed by atoms with Gasteiger partial charge in [0.25, 0.3) is 0 Å². The van der Waals surface area contributed by atoms with Crippen LogP contribution in [-0.4, -0.2) is 16.7 Å². The third-order valence-electron chi connectivity index (χ3n) is 1.68. The number of aryl methyl sites for hydroxylation is 2. The van der Waals surface area contributed by atoms with E-state index in [1.807, 2.05) is 33.8 Å². The topological polar surface area (TPSA) is 52.3 Å². The molecule has 0 saturated carbocycles. The summed E-state index contributed by atoms with van der Waals surface area (Å²) in [6, 6.07) is 1.82. The summed E-state index contributed by atoms with van der Waals surface area (Å²) in [5.74, 6) is 0.553. The summed E-state index contributed by atoms with van der Waals surface area (Å²) in [4.78, 5) is 11.4. The molecule has 0 aliphatic carbocycles. The van der Waals surface area contributed by atoms with Crippen LogP contribution in [0, 0.1) is 6.92 Å². The lowest BCUT2D eigenvalue weighted by Crippen LogP contribution is -2.24. The van der Waals surface area contributed by atoms with Gasteiger partial charge in [-0.25, -0.2) is 0 Å². The van der Waals surface area contributed by atoms with E-state index in [0.717, 1.165) is 11.5 Å². The zero-order chi connectivity index (χ0) is 11.5. The van der Waals surface area contributed by atoms with Crippen molar-refractivity contribution in [3.63, 3.8) is 0 Å². The molecule has 0 spiro atoms. The fourth-order valence-corrected chi connectivity index (χ4v) is 1.16. The molecule has 15 heavy (non-hydrogen) atoms. The van der Waals surface area contributed by atoms with Gasteiger partial charge in [0.05, 0.1) is 12.1 Å². The standard InChI is InChI=1S/C11H17NO3/c1-8-7-9(12-15-8)5-6-10(13)14-11(2,3)4/h7H,5-6H2,1-4H3. The molecule has 0 bridgehead atoms. The second kappa shape index (κ2) is 4.47. The number of carbonyl (C=O) groups is 1. The zero-order valence-corrected chi connectivity index (χ0v) is 9.66. The van der Waals surface area contributed by atoms with Gasteiger partial charge < -0.3 is 9.26 Å². The molecular weight excluding hydrogens is 194 g/mol. The van der Waals surface area contributed by atoms with Crippen LogP contribution in [0.2, 0.25) is 0 Å². The van der Waals surface area contributed by atoms with Crippen LogP contribution >= 0.6 is 0 Å². The molecule has 4 nitrogen and oxygen atoms in total.